The van der Waals surface area contributed by atoms with Crippen molar-refractivity contribution in [2.75, 3.05) is 36.7 Å². The number of nitrogens with one attached hydrogen (secondary N) is 2. The van der Waals surface area contributed by atoms with Crippen LogP contribution in [0.5, 0.6) is 23.0 Å². The molecule has 422 valence electrons. The fraction of sp³-hybridized carbons (Fsp3) is 0.421. The van der Waals surface area contributed by atoms with Gasteiger partial charge in [0.15, 0.2) is 23.0 Å². The molecule has 4 N–H and O–H groups in total. The minimum atomic E-state index is -3.38. The van der Waals surface area contributed by atoms with Gasteiger partial charge in [-0.1, -0.05) is 31.4 Å². The maximum Gasteiger partial charge on any atom is 0.264 e. The first-order valence-corrected chi connectivity index (χ1v) is 25.2. The molecule has 0 aliphatic rings. The van der Waals surface area contributed by atoms with Crippen LogP contribution in [-0.2, 0) is 28.5 Å². The maximum absolute atomic E-state index is 10.7. The fourth-order valence-electron chi connectivity index (χ4n) is 7.27. The normalized spacial score (nSPS) is 11.7. The predicted molar refractivity (Wildman–Crippen MR) is 303 cm³/mol. The Labute approximate surface area is 496 Å². The number of ether oxygens (including phenoxy) is 5. The molecule has 0 atom stereocenters. The molecular weight excluding hydrogens is 1170 g/mol. The van der Waals surface area contributed by atoms with Crippen LogP contribution < -0.4 is 20.1 Å². The summed E-state index contributed by atoms with van der Waals surface area (Å²) in [5.41, 5.74) is 2.06. The summed E-state index contributed by atoms with van der Waals surface area (Å²) in [5.74, 6) is 7.06. The minimum absolute atomic E-state index is 0. The van der Waals surface area contributed by atoms with Gasteiger partial charge < -0.3 is 44.5 Å². The van der Waals surface area contributed by atoms with Crippen LogP contribution in [0.3, 0.4) is 0 Å². The zero-order valence-electron chi connectivity index (χ0n) is 45.4. The second-order valence-corrected chi connectivity index (χ2v) is 22.7. The number of aromatic hydroxyl groups is 2. The van der Waals surface area contributed by atoms with Gasteiger partial charge in [-0.05, 0) is 132 Å². The number of aromatic nitrogens is 4. The van der Waals surface area contributed by atoms with Crippen molar-refractivity contribution in [2.24, 2.45) is 0 Å². The Balaban J connectivity index is 0.000000652. The van der Waals surface area contributed by atoms with Crippen molar-refractivity contribution >= 4 is 67.3 Å². The van der Waals surface area contributed by atoms with Gasteiger partial charge in [0, 0.05) is 92.3 Å². The van der Waals surface area contributed by atoms with E-state index in [1.807, 2.05) is 144 Å². The van der Waals surface area contributed by atoms with Crippen molar-refractivity contribution in [2.45, 2.75) is 132 Å². The summed E-state index contributed by atoms with van der Waals surface area (Å²) >= 11 is 0. The second kappa shape index (κ2) is 29.2. The smallest absolute Gasteiger partial charge is 0.264 e. The van der Waals surface area contributed by atoms with E-state index in [0.29, 0.717) is 52.8 Å². The Bertz CT molecular complexity index is 3040. The van der Waals surface area contributed by atoms with Gasteiger partial charge in [0.2, 0.25) is 0 Å². The van der Waals surface area contributed by atoms with Gasteiger partial charge in [-0.15, -0.1) is 25.3 Å². The molecule has 16 nitrogen and oxygen atoms in total. The van der Waals surface area contributed by atoms with E-state index >= 15 is 0 Å². The van der Waals surface area contributed by atoms with Crippen LogP contribution in [0.15, 0.2) is 85.5 Å². The summed E-state index contributed by atoms with van der Waals surface area (Å²) in [6.45, 7) is 28.0. The van der Waals surface area contributed by atoms with E-state index < -0.39 is 26.9 Å². The number of phenols is 2. The van der Waals surface area contributed by atoms with E-state index in [2.05, 4.69) is 46.6 Å². The number of phenolic OH excluding ortho intramolecular Hbond substituents is 2. The molecule has 2 aromatic heterocycles. The summed E-state index contributed by atoms with van der Waals surface area (Å²) in [4.78, 5) is 17.2. The Morgan fingerprint density at radius 1 is 0.605 bits per heavy atom. The maximum atomic E-state index is 10.7. The van der Waals surface area contributed by atoms with E-state index in [-0.39, 0.29) is 96.1 Å². The van der Waals surface area contributed by atoms with Crippen molar-refractivity contribution in [1.82, 2.24) is 19.9 Å². The second-order valence-electron chi connectivity index (χ2n) is 21.1. The number of rotatable bonds is 17. The van der Waals surface area contributed by atoms with Gasteiger partial charge in [0.05, 0.1) is 51.9 Å². The molecule has 2 heterocycles. The van der Waals surface area contributed by atoms with Crippen molar-refractivity contribution < 1.29 is 93.4 Å². The molecule has 0 unspecified atom stereocenters. The van der Waals surface area contributed by atoms with Crippen molar-refractivity contribution in [3.05, 3.63) is 103 Å². The Morgan fingerprint density at radius 3 is 1.42 bits per heavy atom. The predicted octanol–water partition coefficient (Wildman–Crippen LogP) is 12.5. The molecule has 0 spiro atoms. The third-order valence-corrected chi connectivity index (χ3v) is 9.98. The molecule has 76 heavy (non-hydrogen) atoms. The Kier molecular flexibility index (Phi) is 26.5. The number of hydrogen-bond acceptors (Lipinski definition) is 16. The largest absolute Gasteiger partial charge is 0.543 e. The van der Waals surface area contributed by atoms with Crippen LogP contribution in [-0.4, -0.2) is 92.6 Å². The van der Waals surface area contributed by atoms with Crippen LogP contribution in [0.2, 0.25) is 0 Å². The number of hydrogen-bond donors (Lipinski definition) is 4. The summed E-state index contributed by atoms with van der Waals surface area (Å²) in [6, 6.07) is 21.5. The number of benzene rings is 4. The molecule has 0 bridgehead atoms. The van der Waals surface area contributed by atoms with Gasteiger partial charge in [-0.2, -0.15) is 22.3 Å². The van der Waals surface area contributed by atoms with Gasteiger partial charge in [0.25, 0.3) is 10.1 Å². The zero-order valence-corrected chi connectivity index (χ0v) is 48.7. The molecule has 0 saturated carbocycles. The van der Waals surface area contributed by atoms with Crippen LogP contribution in [0.25, 0.3) is 21.8 Å². The number of anilines is 4. The first kappa shape index (κ1) is 69.1. The van der Waals surface area contributed by atoms with E-state index in [1.54, 1.807) is 13.8 Å². The van der Waals surface area contributed by atoms with Gasteiger partial charge >= 0.3 is 0 Å². The molecule has 0 saturated heterocycles. The average molecular weight is 1250 g/mol. The molecule has 0 amide bonds. The number of terminal acetylenes is 2. The monoisotopic (exact) mass is 1250 g/mol. The van der Waals surface area contributed by atoms with Crippen LogP contribution in [0.4, 0.5) is 23.0 Å². The molecule has 0 aliphatic carbocycles. The average Bonchev–Trinajstić information content (AvgIpc) is 3.26. The number of halogens is 1. The number of nitrogens with zero attached hydrogens (tertiary/aromatic N) is 4. The van der Waals surface area contributed by atoms with Crippen LogP contribution >= 0.6 is 12.4 Å². The molecule has 0 aliphatic heterocycles. The summed E-state index contributed by atoms with van der Waals surface area (Å²) in [7, 11) is -3.38. The molecule has 6 rings (SSSR count). The quantitative estimate of drug-likeness (QED) is 0.0290. The van der Waals surface area contributed by atoms with Crippen LogP contribution in [0, 0.1) is 77.7 Å². The molecule has 6 aromatic rings. The third-order valence-electron chi connectivity index (χ3n) is 9.43. The molecule has 0 radical (unpaired) electrons. The van der Waals surface area contributed by atoms with E-state index in [9.17, 15) is 18.6 Å². The zero-order chi connectivity index (χ0) is 54.6. The molecule has 19 heteroatoms. The first-order valence-electron chi connectivity index (χ1n) is 23.4. The molecule has 0 fully saturated rings. The Morgan fingerprint density at radius 2 is 1.01 bits per heavy atom. The minimum Gasteiger partial charge on any atom is -0.543 e. The van der Waals surface area contributed by atoms with E-state index in [1.165, 1.54) is 24.8 Å². The van der Waals surface area contributed by atoms with Crippen LogP contribution in [0.1, 0.15) is 115 Å². The molecule has 4 aromatic carbocycles. The topological polar surface area (TPSA) is 206 Å². The summed E-state index contributed by atoms with van der Waals surface area (Å²) in [6.07, 6.45) is 15.7. The van der Waals surface area contributed by atoms with E-state index in [0.717, 1.165) is 40.2 Å². The standard InChI is InChI=1S/C32H43N3O4.C16H11N3O2.C8H17O4S.CH4.ClH.Yb/c1-12-22-14-13-15-23(16-22)35-28-24-17-26(36-19-31(8,9)38-29(2,3)4)27(18-25(24)33-21-34-28)37-20-32(10,11)39-30(5,6)7;1-2-10-4-3-5-11(6-10)19-16-12-7-14(20)15(21)8-13(12)17-9-18-16;1-7(2)12-8(3,4)6-11-13(5,9)10;;;/h1,13-18,21H,19-20H2,2-11H3,(H,33,34,35);1,3-9,20-21H,(H,17,18,19);6H2,1-5H3;1H4;1H;/q;;-1;;;. The van der Waals surface area contributed by atoms with Gasteiger partial charge in [-0.3, -0.25) is 4.18 Å². The number of fused-ring (bicyclic) bond motifs is 2. The summed E-state index contributed by atoms with van der Waals surface area (Å²) < 4.78 is 56.5. The third kappa shape index (κ3) is 24.2. The van der Waals surface area contributed by atoms with Crippen molar-refractivity contribution in [1.29, 1.82) is 0 Å². The van der Waals surface area contributed by atoms with Gasteiger partial charge in [-0.25, -0.2) is 26.0 Å². The van der Waals surface area contributed by atoms with E-state index in [4.69, 9.17) is 36.5 Å². The fourth-order valence-corrected chi connectivity index (χ4v) is 7.77. The summed E-state index contributed by atoms with van der Waals surface area (Å²) in [5, 5.41) is 27.0. The van der Waals surface area contributed by atoms with Gasteiger partial charge in [0.1, 0.15) is 37.5 Å². The Hall–Kier alpha value is -4.92. The first-order chi connectivity index (χ1) is 33.7. The SMILES string of the molecule is C.C#Cc1cccc(Nc2ncnc3cc(O)c(O)cc23)c1.C#Cc1cccc(Nc2ncnc3cc(OCC(C)(C)OC(C)(C)C)c(OCC(C)(C)OC(C)(C)C)cc23)c1.C[C-](C)OC(C)(C)COS(C)(=O)=O.Cl.[Yb]. The van der Waals surface area contributed by atoms with Crippen molar-refractivity contribution in [3.63, 3.8) is 0 Å². The van der Waals surface area contributed by atoms with Crippen molar-refractivity contribution in [3.8, 4) is 47.7 Å². The molecular formula is C57H76ClN6O10SYb-.